The van der Waals surface area contributed by atoms with E-state index in [-0.39, 0.29) is 17.6 Å². The van der Waals surface area contributed by atoms with Crippen molar-refractivity contribution in [3.05, 3.63) is 12.2 Å². The summed E-state index contributed by atoms with van der Waals surface area (Å²) in [6.07, 6.45) is 6.86. The predicted molar refractivity (Wildman–Crippen MR) is 54.1 cm³/mol. The van der Waals surface area contributed by atoms with Gasteiger partial charge in [-0.05, 0) is 12.8 Å². The highest BCUT2D eigenvalue weighted by Crippen LogP contribution is 2.53. The highest BCUT2D eigenvalue weighted by molar-refractivity contribution is 5.85. The van der Waals surface area contributed by atoms with E-state index in [1.165, 1.54) is 12.8 Å². The molecule has 4 rings (SSSR count). The third-order valence-corrected chi connectivity index (χ3v) is 4.45. The maximum absolute atomic E-state index is 12.3. The first-order valence-electron chi connectivity index (χ1n) is 5.89. The van der Waals surface area contributed by atoms with Crippen LogP contribution in [0.2, 0.25) is 0 Å². The maximum Gasteiger partial charge on any atom is 0.229 e. The number of ether oxygens (including phenoxy) is 1. The van der Waals surface area contributed by atoms with Crippen molar-refractivity contribution in [1.29, 1.82) is 0 Å². The summed E-state index contributed by atoms with van der Waals surface area (Å²) in [6, 6.07) is 0.528. The molecule has 4 atom stereocenters. The van der Waals surface area contributed by atoms with E-state index in [9.17, 15) is 4.79 Å². The highest BCUT2D eigenvalue weighted by Gasteiger charge is 2.64. The number of likely N-dealkylation sites (tertiary alicyclic amines) is 1. The summed E-state index contributed by atoms with van der Waals surface area (Å²) in [5.74, 6) is 0.816. The van der Waals surface area contributed by atoms with Crippen molar-refractivity contribution in [3.8, 4) is 0 Å². The SMILES string of the molecule is CC1C2C(=O)N(C3CC3)C[C@]23C=C[C@H]1O3. The zero-order valence-corrected chi connectivity index (χ0v) is 8.85. The standard InChI is InChI=1S/C12H15NO2/c1-7-9-4-5-12(15-9)6-13(8-2-3-8)11(14)10(7)12/h4-5,7-10H,2-3,6H2,1H3/t7?,9-,10?,12-/m1/s1. The molecule has 0 aromatic heterocycles. The summed E-state index contributed by atoms with van der Waals surface area (Å²) in [5, 5.41) is 0. The smallest absolute Gasteiger partial charge is 0.229 e. The average Bonchev–Trinajstić information content (AvgIpc) is 2.84. The lowest BCUT2D eigenvalue weighted by molar-refractivity contribution is -0.132. The van der Waals surface area contributed by atoms with Gasteiger partial charge in [-0.25, -0.2) is 0 Å². The van der Waals surface area contributed by atoms with Crippen LogP contribution in [-0.2, 0) is 9.53 Å². The van der Waals surface area contributed by atoms with Crippen molar-refractivity contribution in [2.24, 2.45) is 11.8 Å². The fourth-order valence-electron chi connectivity index (χ4n) is 3.52. The molecule has 0 aromatic carbocycles. The summed E-state index contributed by atoms with van der Waals surface area (Å²) in [7, 11) is 0. The van der Waals surface area contributed by atoms with E-state index < -0.39 is 0 Å². The normalized spacial score (nSPS) is 51.7. The van der Waals surface area contributed by atoms with Crippen LogP contribution in [0.3, 0.4) is 0 Å². The van der Waals surface area contributed by atoms with Crippen LogP contribution in [0.4, 0.5) is 0 Å². The van der Waals surface area contributed by atoms with Crippen LogP contribution in [0.25, 0.3) is 0 Å². The lowest BCUT2D eigenvalue weighted by Gasteiger charge is -2.21. The second-order valence-corrected chi connectivity index (χ2v) is 5.43. The van der Waals surface area contributed by atoms with Crippen molar-refractivity contribution in [2.45, 2.75) is 37.5 Å². The summed E-state index contributed by atoms with van der Waals surface area (Å²) in [6.45, 7) is 2.95. The number of carbonyl (C=O) groups is 1. The van der Waals surface area contributed by atoms with Crippen LogP contribution in [0.1, 0.15) is 19.8 Å². The Morgan fingerprint density at radius 2 is 2.33 bits per heavy atom. The van der Waals surface area contributed by atoms with Gasteiger partial charge in [0, 0.05) is 12.0 Å². The van der Waals surface area contributed by atoms with Crippen molar-refractivity contribution >= 4 is 5.91 Å². The van der Waals surface area contributed by atoms with Crippen LogP contribution in [0.5, 0.6) is 0 Å². The van der Waals surface area contributed by atoms with E-state index in [1.54, 1.807) is 0 Å². The molecule has 15 heavy (non-hydrogen) atoms. The molecule has 2 saturated heterocycles. The third kappa shape index (κ3) is 0.842. The van der Waals surface area contributed by atoms with Crippen LogP contribution in [0.15, 0.2) is 12.2 Å². The molecule has 3 heterocycles. The minimum Gasteiger partial charge on any atom is -0.361 e. The lowest BCUT2D eigenvalue weighted by atomic mass is 9.78. The van der Waals surface area contributed by atoms with Crippen molar-refractivity contribution in [3.63, 3.8) is 0 Å². The fraction of sp³-hybridized carbons (Fsp3) is 0.750. The Morgan fingerprint density at radius 1 is 1.53 bits per heavy atom. The fourth-order valence-corrected chi connectivity index (χ4v) is 3.52. The Labute approximate surface area is 89.1 Å². The Kier molecular flexibility index (Phi) is 1.27. The Hall–Kier alpha value is -0.830. The Balaban J connectivity index is 1.76. The second-order valence-electron chi connectivity index (χ2n) is 5.43. The van der Waals surface area contributed by atoms with E-state index in [2.05, 4.69) is 24.0 Å². The average molecular weight is 205 g/mol. The Bertz CT molecular complexity index is 374. The van der Waals surface area contributed by atoms with Gasteiger partial charge in [-0.1, -0.05) is 19.1 Å². The second kappa shape index (κ2) is 2.29. The number of hydrogen-bond donors (Lipinski definition) is 0. The summed E-state index contributed by atoms with van der Waals surface area (Å²) >= 11 is 0. The molecule has 2 bridgehead atoms. The van der Waals surface area contributed by atoms with Crippen LogP contribution >= 0.6 is 0 Å². The van der Waals surface area contributed by atoms with E-state index >= 15 is 0 Å². The lowest BCUT2D eigenvalue weighted by Crippen LogP contribution is -2.34. The zero-order chi connectivity index (χ0) is 10.2. The molecule has 3 nitrogen and oxygen atoms in total. The van der Waals surface area contributed by atoms with E-state index in [0.717, 1.165) is 6.54 Å². The molecule has 2 unspecified atom stereocenters. The molecule has 0 radical (unpaired) electrons. The molecule has 1 saturated carbocycles. The summed E-state index contributed by atoms with van der Waals surface area (Å²) < 4.78 is 6.00. The van der Waals surface area contributed by atoms with Gasteiger partial charge in [0.05, 0.1) is 18.6 Å². The van der Waals surface area contributed by atoms with Crippen molar-refractivity contribution in [2.75, 3.05) is 6.54 Å². The predicted octanol–water partition coefficient (Wildman–Crippen LogP) is 0.951. The monoisotopic (exact) mass is 205 g/mol. The molecule has 3 heteroatoms. The number of carbonyl (C=O) groups excluding carboxylic acids is 1. The highest BCUT2D eigenvalue weighted by atomic mass is 16.5. The first kappa shape index (κ1) is 8.34. The van der Waals surface area contributed by atoms with E-state index in [4.69, 9.17) is 4.74 Å². The zero-order valence-electron chi connectivity index (χ0n) is 8.85. The molecule has 3 aliphatic heterocycles. The van der Waals surface area contributed by atoms with Gasteiger partial charge in [0.2, 0.25) is 5.91 Å². The van der Waals surface area contributed by atoms with Gasteiger partial charge in [-0.2, -0.15) is 0 Å². The van der Waals surface area contributed by atoms with Gasteiger partial charge >= 0.3 is 0 Å². The number of fused-ring (bicyclic) bond motifs is 1. The molecule has 80 valence electrons. The molecular weight excluding hydrogens is 190 g/mol. The van der Waals surface area contributed by atoms with Gasteiger partial charge < -0.3 is 9.64 Å². The third-order valence-electron chi connectivity index (χ3n) is 4.45. The van der Waals surface area contributed by atoms with E-state index in [1.807, 2.05) is 0 Å². The van der Waals surface area contributed by atoms with Gasteiger partial charge in [0.25, 0.3) is 0 Å². The number of rotatable bonds is 1. The first-order chi connectivity index (χ1) is 7.21. The van der Waals surface area contributed by atoms with Crippen molar-refractivity contribution < 1.29 is 9.53 Å². The molecule has 4 aliphatic rings. The van der Waals surface area contributed by atoms with Crippen LogP contribution < -0.4 is 0 Å². The molecule has 1 aliphatic carbocycles. The molecule has 0 N–H and O–H groups in total. The van der Waals surface area contributed by atoms with Gasteiger partial charge in [-0.3, -0.25) is 4.79 Å². The first-order valence-corrected chi connectivity index (χ1v) is 5.89. The minimum atomic E-state index is -0.246. The summed E-state index contributed by atoms with van der Waals surface area (Å²) in [5.41, 5.74) is -0.246. The van der Waals surface area contributed by atoms with Gasteiger partial charge in [0.15, 0.2) is 0 Å². The largest absolute Gasteiger partial charge is 0.361 e. The number of hydrogen-bond acceptors (Lipinski definition) is 2. The minimum absolute atomic E-state index is 0.105. The quantitative estimate of drug-likeness (QED) is 0.596. The van der Waals surface area contributed by atoms with Gasteiger partial charge in [0.1, 0.15) is 5.60 Å². The number of amides is 1. The molecule has 1 amide bonds. The number of nitrogens with zero attached hydrogens (tertiary/aromatic N) is 1. The van der Waals surface area contributed by atoms with Gasteiger partial charge in [-0.15, -0.1) is 0 Å². The molecule has 1 spiro atoms. The Morgan fingerprint density at radius 3 is 3.00 bits per heavy atom. The maximum atomic E-state index is 12.3. The molecular formula is C12H15NO2. The van der Waals surface area contributed by atoms with Crippen molar-refractivity contribution in [1.82, 2.24) is 4.90 Å². The van der Waals surface area contributed by atoms with Crippen LogP contribution in [-0.4, -0.2) is 35.1 Å². The molecule has 0 aromatic rings. The molecule has 3 fully saturated rings. The summed E-state index contributed by atoms with van der Waals surface area (Å²) in [4.78, 5) is 14.3. The van der Waals surface area contributed by atoms with Crippen LogP contribution in [0, 0.1) is 11.8 Å². The van der Waals surface area contributed by atoms with E-state index in [0.29, 0.717) is 17.9 Å². The topological polar surface area (TPSA) is 29.5 Å².